The van der Waals surface area contributed by atoms with E-state index < -0.39 is 12.8 Å². The van der Waals surface area contributed by atoms with Crippen LogP contribution >= 0.6 is 0 Å². The first-order valence-electron chi connectivity index (χ1n) is 6.25. The van der Waals surface area contributed by atoms with Crippen LogP contribution in [-0.2, 0) is 11.2 Å². The Bertz CT molecular complexity index is 384. The van der Waals surface area contributed by atoms with Crippen molar-refractivity contribution in [3.05, 3.63) is 34.9 Å². The van der Waals surface area contributed by atoms with Gasteiger partial charge >= 0.3 is 6.18 Å². The van der Waals surface area contributed by atoms with Crippen LogP contribution in [0.2, 0.25) is 0 Å². The van der Waals surface area contributed by atoms with E-state index in [1.807, 2.05) is 32.0 Å². The Morgan fingerprint density at radius 2 is 1.79 bits per heavy atom. The second-order valence-corrected chi connectivity index (χ2v) is 4.79. The Morgan fingerprint density at radius 1 is 1.21 bits per heavy atom. The van der Waals surface area contributed by atoms with E-state index in [1.54, 1.807) is 0 Å². The van der Waals surface area contributed by atoms with Crippen LogP contribution < -0.4 is 5.73 Å². The first-order valence-corrected chi connectivity index (χ1v) is 6.25. The predicted octanol–water partition coefficient (Wildman–Crippen LogP) is 3.14. The molecular weight excluding hydrogens is 255 g/mol. The molecule has 0 aliphatic heterocycles. The van der Waals surface area contributed by atoms with Gasteiger partial charge in [-0.1, -0.05) is 18.2 Å². The highest BCUT2D eigenvalue weighted by Gasteiger charge is 2.27. The van der Waals surface area contributed by atoms with E-state index in [-0.39, 0.29) is 12.6 Å². The maximum absolute atomic E-state index is 11.9. The van der Waals surface area contributed by atoms with Crippen molar-refractivity contribution in [1.82, 2.24) is 0 Å². The molecular formula is C14H20F3NO. The maximum Gasteiger partial charge on any atom is 0.411 e. The molecule has 0 amide bonds. The average Bonchev–Trinajstić information content (AvgIpc) is 2.28. The smallest absolute Gasteiger partial charge is 0.372 e. The van der Waals surface area contributed by atoms with Crippen LogP contribution in [0.25, 0.3) is 0 Å². The van der Waals surface area contributed by atoms with Crippen molar-refractivity contribution in [3.8, 4) is 0 Å². The quantitative estimate of drug-likeness (QED) is 0.809. The lowest BCUT2D eigenvalue weighted by molar-refractivity contribution is -0.174. The average molecular weight is 275 g/mol. The fourth-order valence-corrected chi connectivity index (χ4v) is 1.96. The third kappa shape index (κ3) is 6.07. The van der Waals surface area contributed by atoms with Gasteiger partial charge in [0.2, 0.25) is 0 Å². The highest BCUT2D eigenvalue weighted by molar-refractivity contribution is 5.34. The summed E-state index contributed by atoms with van der Waals surface area (Å²) in [5.41, 5.74) is 9.42. The molecule has 0 saturated carbocycles. The molecule has 0 bridgehead atoms. The molecule has 0 radical (unpaired) electrons. The number of hydrogen-bond donors (Lipinski definition) is 1. The van der Waals surface area contributed by atoms with Crippen molar-refractivity contribution in [2.75, 3.05) is 13.2 Å². The second-order valence-electron chi connectivity index (χ2n) is 4.79. The van der Waals surface area contributed by atoms with Crippen LogP contribution in [0.4, 0.5) is 13.2 Å². The molecule has 108 valence electrons. The van der Waals surface area contributed by atoms with Crippen molar-refractivity contribution in [3.63, 3.8) is 0 Å². The fraction of sp³-hybridized carbons (Fsp3) is 0.571. The van der Waals surface area contributed by atoms with Gasteiger partial charge in [0.15, 0.2) is 0 Å². The van der Waals surface area contributed by atoms with Crippen molar-refractivity contribution < 1.29 is 17.9 Å². The molecule has 0 aliphatic carbocycles. The van der Waals surface area contributed by atoms with Crippen LogP contribution in [0.15, 0.2) is 18.2 Å². The standard InChI is InChI=1S/C14H20F3NO/c1-10-4-3-5-11(2)13(10)8-12(18)6-7-19-9-14(15,16)17/h3-5,12H,6-9,18H2,1-2H3. The molecule has 0 aliphatic rings. The molecule has 0 spiro atoms. The molecule has 2 nitrogen and oxygen atoms in total. The van der Waals surface area contributed by atoms with Gasteiger partial charge in [-0.3, -0.25) is 0 Å². The van der Waals surface area contributed by atoms with Crippen molar-refractivity contribution >= 4 is 0 Å². The molecule has 0 fully saturated rings. The summed E-state index contributed by atoms with van der Waals surface area (Å²) in [5.74, 6) is 0. The number of alkyl halides is 3. The molecule has 1 atom stereocenters. The van der Waals surface area contributed by atoms with Gasteiger partial charge in [0.25, 0.3) is 0 Å². The summed E-state index contributed by atoms with van der Waals surface area (Å²) >= 11 is 0. The predicted molar refractivity (Wildman–Crippen MR) is 69.1 cm³/mol. The fourth-order valence-electron chi connectivity index (χ4n) is 1.96. The number of benzene rings is 1. The van der Waals surface area contributed by atoms with E-state index in [2.05, 4.69) is 4.74 Å². The van der Waals surface area contributed by atoms with Gasteiger partial charge in [-0.05, 0) is 43.4 Å². The van der Waals surface area contributed by atoms with Crippen LogP contribution in [0.5, 0.6) is 0 Å². The molecule has 0 aromatic heterocycles. The third-order valence-corrected chi connectivity index (χ3v) is 3.01. The molecule has 1 rings (SSSR count). The summed E-state index contributed by atoms with van der Waals surface area (Å²) in [7, 11) is 0. The highest BCUT2D eigenvalue weighted by atomic mass is 19.4. The number of ether oxygens (including phenoxy) is 1. The Morgan fingerprint density at radius 3 is 2.32 bits per heavy atom. The van der Waals surface area contributed by atoms with Crippen molar-refractivity contribution in [2.24, 2.45) is 5.73 Å². The summed E-state index contributed by atoms with van der Waals surface area (Å²) in [5, 5.41) is 0. The van der Waals surface area contributed by atoms with Gasteiger partial charge in [0, 0.05) is 12.6 Å². The molecule has 1 aromatic rings. The van der Waals surface area contributed by atoms with Crippen molar-refractivity contribution in [1.29, 1.82) is 0 Å². The maximum atomic E-state index is 11.9. The van der Waals surface area contributed by atoms with Crippen molar-refractivity contribution in [2.45, 2.75) is 38.9 Å². The molecule has 19 heavy (non-hydrogen) atoms. The molecule has 0 saturated heterocycles. The zero-order valence-corrected chi connectivity index (χ0v) is 11.3. The lowest BCUT2D eigenvalue weighted by Gasteiger charge is -2.16. The van der Waals surface area contributed by atoms with E-state index >= 15 is 0 Å². The Hall–Kier alpha value is -1.07. The Kier molecular flexibility index (Phi) is 5.82. The minimum absolute atomic E-state index is 0.0333. The SMILES string of the molecule is Cc1cccc(C)c1CC(N)CCOCC(F)(F)F. The second kappa shape index (κ2) is 6.91. The molecule has 1 aromatic carbocycles. The van der Waals surface area contributed by atoms with Crippen LogP contribution in [-0.4, -0.2) is 25.4 Å². The van der Waals surface area contributed by atoms with Crippen LogP contribution in [0.1, 0.15) is 23.1 Å². The summed E-state index contributed by atoms with van der Waals surface area (Å²) in [6.45, 7) is 2.85. The van der Waals surface area contributed by atoms with Gasteiger partial charge < -0.3 is 10.5 Å². The van der Waals surface area contributed by atoms with Gasteiger partial charge in [-0.15, -0.1) is 0 Å². The van der Waals surface area contributed by atoms with E-state index in [0.29, 0.717) is 12.8 Å². The van der Waals surface area contributed by atoms with Gasteiger partial charge in [-0.25, -0.2) is 0 Å². The molecule has 0 heterocycles. The summed E-state index contributed by atoms with van der Waals surface area (Å²) in [4.78, 5) is 0. The van der Waals surface area contributed by atoms with E-state index in [4.69, 9.17) is 5.73 Å². The van der Waals surface area contributed by atoms with Crippen LogP contribution in [0, 0.1) is 13.8 Å². The number of nitrogens with two attached hydrogens (primary N) is 1. The monoisotopic (exact) mass is 275 g/mol. The lowest BCUT2D eigenvalue weighted by atomic mass is 9.96. The van der Waals surface area contributed by atoms with Gasteiger partial charge in [0.05, 0.1) is 0 Å². The largest absolute Gasteiger partial charge is 0.411 e. The Labute approximate surface area is 111 Å². The van der Waals surface area contributed by atoms with E-state index in [0.717, 1.165) is 11.1 Å². The zero-order valence-electron chi connectivity index (χ0n) is 11.3. The summed E-state index contributed by atoms with van der Waals surface area (Å²) in [6.07, 6.45) is -3.19. The third-order valence-electron chi connectivity index (χ3n) is 3.01. The van der Waals surface area contributed by atoms with E-state index in [1.165, 1.54) is 5.56 Å². The zero-order chi connectivity index (χ0) is 14.5. The molecule has 1 unspecified atom stereocenters. The normalized spacial score (nSPS) is 13.6. The minimum Gasteiger partial charge on any atom is -0.372 e. The van der Waals surface area contributed by atoms with Crippen LogP contribution in [0.3, 0.4) is 0 Å². The van der Waals surface area contributed by atoms with Gasteiger partial charge in [-0.2, -0.15) is 13.2 Å². The number of hydrogen-bond acceptors (Lipinski definition) is 2. The highest BCUT2D eigenvalue weighted by Crippen LogP contribution is 2.17. The Balaban J connectivity index is 2.37. The minimum atomic E-state index is -4.27. The number of aryl methyl sites for hydroxylation is 2. The molecule has 5 heteroatoms. The molecule has 2 N–H and O–H groups in total. The summed E-state index contributed by atoms with van der Waals surface area (Å²) in [6, 6.07) is 5.81. The first kappa shape index (κ1) is 16.0. The number of rotatable bonds is 6. The first-order chi connectivity index (χ1) is 8.79. The topological polar surface area (TPSA) is 35.2 Å². The van der Waals surface area contributed by atoms with Gasteiger partial charge in [0.1, 0.15) is 6.61 Å². The number of halogens is 3. The summed E-state index contributed by atoms with van der Waals surface area (Å²) < 4.78 is 40.2. The lowest BCUT2D eigenvalue weighted by Crippen LogP contribution is -2.26. The van der Waals surface area contributed by atoms with E-state index in [9.17, 15) is 13.2 Å².